The lowest BCUT2D eigenvalue weighted by atomic mass is 9.97. The number of hydrogen-bond acceptors (Lipinski definition) is 5. The molecule has 3 fully saturated rings. The summed E-state index contributed by atoms with van der Waals surface area (Å²) in [6.45, 7) is 2.23. The Morgan fingerprint density at radius 2 is 1.81 bits per heavy atom. The number of amides is 2. The van der Waals surface area contributed by atoms with Crippen LogP contribution in [0.3, 0.4) is 0 Å². The van der Waals surface area contributed by atoms with Crippen LogP contribution in [-0.2, 0) is 32.5 Å². The molecule has 3 heterocycles. The summed E-state index contributed by atoms with van der Waals surface area (Å²) < 4.78 is 68.5. The molecule has 1 N–H and O–H groups in total. The number of nitrogens with one attached hydrogen (secondary N) is 1. The lowest BCUT2D eigenvalue weighted by molar-refractivity contribution is -0.142. The Kier molecular flexibility index (Phi) is 7.83. The van der Waals surface area contributed by atoms with E-state index < -0.39 is 39.8 Å². The van der Waals surface area contributed by atoms with E-state index >= 15 is 0 Å². The molecule has 3 saturated heterocycles. The minimum atomic E-state index is -4.55. The zero-order valence-electron chi connectivity index (χ0n) is 20.5. The molecule has 3 aliphatic rings. The van der Waals surface area contributed by atoms with E-state index in [1.165, 1.54) is 25.6 Å². The van der Waals surface area contributed by atoms with Crippen LogP contribution in [0.4, 0.5) is 13.2 Å². The van der Waals surface area contributed by atoms with Crippen molar-refractivity contribution in [1.29, 1.82) is 5.26 Å². The number of nitriles is 1. The maximum atomic E-state index is 13.4. The lowest BCUT2D eigenvalue weighted by Gasteiger charge is -2.41. The number of carbonyl (C=O) groups is 2. The van der Waals surface area contributed by atoms with E-state index in [0.29, 0.717) is 37.8 Å². The number of benzene rings is 1. The van der Waals surface area contributed by atoms with Gasteiger partial charge in [-0.3, -0.25) is 9.59 Å². The molecule has 0 radical (unpaired) electrons. The fourth-order valence-electron chi connectivity index (χ4n) is 5.21. The molecule has 0 bridgehead atoms. The summed E-state index contributed by atoms with van der Waals surface area (Å²) >= 11 is 0. The molecule has 1 aromatic rings. The summed E-state index contributed by atoms with van der Waals surface area (Å²) in [5.74, 6) is -1.78. The Bertz CT molecular complexity index is 1190. The van der Waals surface area contributed by atoms with Gasteiger partial charge in [-0.1, -0.05) is 17.7 Å². The van der Waals surface area contributed by atoms with Gasteiger partial charge in [0.1, 0.15) is 6.04 Å². The summed E-state index contributed by atoms with van der Waals surface area (Å²) in [5, 5.41) is 11.5. The minimum absolute atomic E-state index is 0.00202. The van der Waals surface area contributed by atoms with E-state index in [0.717, 1.165) is 6.07 Å². The van der Waals surface area contributed by atoms with E-state index in [4.69, 9.17) is 5.26 Å². The zero-order valence-corrected chi connectivity index (χ0v) is 21.3. The number of carbonyl (C=O) groups excluding carboxylic acids is 2. The number of nitrogens with zero attached hydrogens (tertiary/aromatic N) is 4. The number of hydrogen-bond donors (Lipinski definition) is 1. The SMILES string of the molecule is Cc1ccc(C(F)(F)F)c(CNC(=O)[C@H]2CCCN2C(=O)[C@H]2CCCN(S(=O)(=O)N3CC(C#N)C3)C2)c1. The summed E-state index contributed by atoms with van der Waals surface area (Å²) in [6.07, 6.45) is -2.63. The highest BCUT2D eigenvalue weighted by Crippen LogP contribution is 2.33. The van der Waals surface area contributed by atoms with Crippen LogP contribution >= 0.6 is 0 Å². The highest BCUT2D eigenvalue weighted by Gasteiger charge is 2.44. The summed E-state index contributed by atoms with van der Waals surface area (Å²) in [4.78, 5) is 27.8. The molecule has 202 valence electrons. The molecule has 13 heteroatoms. The highest BCUT2D eigenvalue weighted by molar-refractivity contribution is 7.86. The maximum absolute atomic E-state index is 13.4. The monoisotopic (exact) mass is 541 g/mol. The number of likely N-dealkylation sites (tertiary alicyclic amines) is 1. The van der Waals surface area contributed by atoms with Crippen molar-refractivity contribution in [2.45, 2.75) is 51.4 Å². The molecular weight excluding hydrogens is 511 g/mol. The number of alkyl halides is 3. The molecule has 0 aliphatic carbocycles. The smallest absolute Gasteiger partial charge is 0.350 e. The number of rotatable bonds is 6. The van der Waals surface area contributed by atoms with Gasteiger partial charge in [0.2, 0.25) is 11.8 Å². The van der Waals surface area contributed by atoms with E-state index in [1.54, 1.807) is 6.92 Å². The minimum Gasteiger partial charge on any atom is -0.350 e. The second-order valence-electron chi connectivity index (χ2n) is 9.91. The van der Waals surface area contributed by atoms with Gasteiger partial charge in [0.25, 0.3) is 10.2 Å². The molecule has 3 aliphatic heterocycles. The number of halogens is 3. The Morgan fingerprint density at radius 3 is 2.49 bits per heavy atom. The third-order valence-corrected chi connectivity index (χ3v) is 9.21. The van der Waals surface area contributed by atoms with Crippen LogP contribution in [0.25, 0.3) is 0 Å². The van der Waals surface area contributed by atoms with Crippen LogP contribution in [0, 0.1) is 30.1 Å². The van der Waals surface area contributed by atoms with Gasteiger partial charge in [0, 0.05) is 39.3 Å². The highest BCUT2D eigenvalue weighted by atomic mass is 32.2. The van der Waals surface area contributed by atoms with E-state index in [2.05, 4.69) is 5.32 Å². The van der Waals surface area contributed by atoms with Crippen molar-refractivity contribution in [3.8, 4) is 6.07 Å². The Labute approximate surface area is 214 Å². The molecule has 37 heavy (non-hydrogen) atoms. The van der Waals surface area contributed by atoms with Crippen LogP contribution in [0.2, 0.25) is 0 Å². The van der Waals surface area contributed by atoms with Gasteiger partial charge in [0.15, 0.2) is 0 Å². The van der Waals surface area contributed by atoms with Gasteiger partial charge in [-0.25, -0.2) is 0 Å². The summed E-state index contributed by atoms with van der Waals surface area (Å²) in [6, 6.07) is 4.97. The van der Waals surface area contributed by atoms with Crippen molar-refractivity contribution in [3.63, 3.8) is 0 Å². The van der Waals surface area contributed by atoms with E-state index in [9.17, 15) is 31.2 Å². The summed E-state index contributed by atoms with van der Waals surface area (Å²) in [5.41, 5.74) is -0.230. The van der Waals surface area contributed by atoms with Gasteiger partial charge in [-0.15, -0.1) is 0 Å². The molecular formula is C24H30F3N5O4S. The first-order valence-electron chi connectivity index (χ1n) is 12.3. The van der Waals surface area contributed by atoms with Gasteiger partial charge in [-0.2, -0.15) is 35.5 Å². The quantitative estimate of drug-likeness (QED) is 0.592. The van der Waals surface area contributed by atoms with Gasteiger partial charge >= 0.3 is 6.18 Å². The van der Waals surface area contributed by atoms with Crippen molar-refractivity contribution in [3.05, 3.63) is 34.9 Å². The second-order valence-corrected chi connectivity index (χ2v) is 11.8. The molecule has 1 aromatic carbocycles. The standard InChI is InChI=1S/C24H30F3N5O4S/c1-16-6-7-20(24(25,26)27)19(10-16)12-29-22(33)21-5-3-9-32(21)23(34)18-4-2-8-30(15-18)37(35,36)31-13-17(11-28)14-31/h6-7,10,17-18,21H,2-5,8-9,12-15H2,1H3,(H,29,33)/t18-,21+/m0/s1. The van der Waals surface area contributed by atoms with Gasteiger partial charge in [0.05, 0.1) is 23.5 Å². The number of piperidine rings is 1. The molecule has 2 atom stereocenters. The first kappa shape index (κ1) is 27.3. The van der Waals surface area contributed by atoms with Crippen LogP contribution in [-0.4, -0.2) is 72.5 Å². The normalized spacial score (nSPS) is 23.9. The zero-order chi connectivity index (χ0) is 27.0. The van der Waals surface area contributed by atoms with Crippen molar-refractivity contribution in [2.75, 3.05) is 32.7 Å². The van der Waals surface area contributed by atoms with Crippen molar-refractivity contribution >= 4 is 22.0 Å². The van der Waals surface area contributed by atoms with Crippen LogP contribution in [0.1, 0.15) is 42.4 Å². The molecule has 4 rings (SSSR count). The lowest BCUT2D eigenvalue weighted by Crippen LogP contribution is -2.57. The topological polar surface area (TPSA) is 114 Å². The first-order valence-corrected chi connectivity index (χ1v) is 13.7. The molecule has 0 unspecified atom stereocenters. The summed E-state index contributed by atoms with van der Waals surface area (Å²) in [7, 11) is -3.77. The van der Waals surface area contributed by atoms with Crippen molar-refractivity contribution in [1.82, 2.24) is 18.8 Å². The Morgan fingerprint density at radius 1 is 1.11 bits per heavy atom. The molecule has 2 amide bonds. The van der Waals surface area contributed by atoms with Crippen molar-refractivity contribution < 1.29 is 31.2 Å². The third kappa shape index (κ3) is 5.76. The molecule has 0 saturated carbocycles. The first-order chi connectivity index (χ1) is 17.4. The third-order valence-electron chi connectivity index (χ3n) is 7.27. The average molecular weight is 542 g/mol. The van der Waals surface area contributed by atoms with Crippen LogP contribution in [0.15, 0.2) is 18.2 Å². The fraction of sp³-hybridized carbons (Fsp3) is 0.625. The van der Waals surface area contributed by atoms with Gasteiger partial charge < -0.3 is 10.2 Å². The predicted molar refractivity (Wildman–Crippen MR) is 127 cm³/mol. The number of aryl methyl sites for hydroxylation is 1. The second kappa shape index (κ2) is 10.6. The molecule has 0 spiro atoms. The van der Waals surface area contributed by atoms with E-state index in [-0.39, 0.29) is 50.1 Å². The van der Waals surface area contributed by atoms with Crippen LogP contribution in [0.5, 0.6) is 0 Å². The van der Waals surface area contributed by atoms with E-state index in [1.807, 2.05) is 6.07 Å². The van der Waals surface area contributed by atoms with Crippen molar-refractivity contribution in [2.24, 2.45) is 11.8 Å². The van der Waals surface area contributed by atoms with Crippen LogP contribution < -0.4 is 5.32 Å². The maximum Gasteiger partial charge on any atom is 0.416 e. The van der Waals surface area contributed by atoms with Gasteiger partial charge in [-0.05, 0) is 44.2 Å². The fourth-order valence-corrected chi connectivity index (χ4v) is 7.00. The average Bonchev–Trinajstić information content (AvgIpc) is 3.30. The Balaban J connectivity index is 1.39. The largest absolute Gasteiger partial charge is 0.416 e. The Hall–Kier alpha value is -2.69. The molecule has 9 nitrogen and oxygen atoms in total. The predicted octanol–water partition coefficient (Wildman–Crippen LogP) is 2.03. The molecule has 0 aromatic heterocycles.